The minimum atomic E-state index is -0.282. The third-order valence-electron chi connectivity index (χ3n) is 4.24. The Morgan fingerprint density at radius 3 is 2.62 bits per heavy atom. The van der Waals surface area contributed by atoms with Crippen LogP contribution < -0.4 is 0 Å². The molecule has 0 N–H and O–H groups in total. The van der Waals surface area contributed by atoms with Gasteiger partial charge in [0.05, 0.1) is 5.69 Å². The van der Waals surface area contributed by atoms with E-state index in [1.54, 1.807) is 16.8 Å². The van der Waals surface area contributed by atoms with E-state index in [4.69, 9.17) is 11.6 Å². The van der Waals surface area contributed by atoms with Gasteiger partial charge in [0.15, 0.2) is 0 Å². The van der Waals surface area contributed by atoms with Crippen molar-refractivity contribution in [1.82, 2.24) is 19.6 Å². The Kier molecular flexibility index (Phi) is 5.16. The summed E-state index contributed by atoms with van der Waals surface area (Å²) in [5.74, 6) is -0.225. The highest BCUT2D eigenvalue weighted by Crippen LogP contribution is 2.21. The molecular formula is C17H20ClFN4O. The van der Waals surface area contributed by atoms with Crippen LogP contribution in [-0.4, -0.2) is 51.7 Å². The Hall–Kier alpha value is -1.92. The van der Waals surface area contributed by atoms with Crippen molar-refractivity contribution >= 4 is 17.5 Å². The van der Waals surface area contributed by atoms with Gasteiger partial charge in [0.1, 0.15) is 12.4 Å². The van der Waals surface area contributed by atoms with Gasteiger partial charge in [-0.25, -0.2) is 4.39 Å². The zero-order valence-corrected chi connectivity index (χ0v) is 14.3. The standard InChI is InChI=1S/C17H20ClFN4O/c1-13-5-6-23(20-13)12-17(24)22-9-7-21(8-10-22)11-14-15(18)3-2-4-16(14)19/h2-6H,7-12H2,1H3. The molecule has 2 heterocycles. The maximum Gasteiger partial charge on any atom is 0.244 e. The van der Waals surface area contributed by atoms with Crippen molar-refractivity contribution in [2.45, 2.75) is 20.0 Å². The summed E-state index contributed by atoms with van der Waals surface area (Å²) in [6.45, 7) is 5.28. The molecule has 0 saturated carbocycles. The van der Waals surface area contributed by atoms with Gasteiger partial charge in [-0.1, -0.05) is 17.7 Å². The van der Waals surface area contributed by atoms with Crippen molar-refractivity contribution in [3.8, 4) is 0 Å². The smallest absolute Gasteiger partial charge is 0.244 e. The van der Waals surface area contributed by atoms with Crippen LogP contribution in [0.2, 0.25) is 5.02 Å². The van der Waals surface area contributed by atoms with Crippen molar-refractivity contribution in [3.63, 3.8) is 0 Å². The number of amides is 1. The van der Waals surface area contributed by atoms with E-state index in [1.807, 2.05) is 24.1 Å². The highest BCUT2D eigenvalue weighted by Gasteiger charge is 2.22. The number of halogens is 2. The van der Waals surface area contributed by atoms with Crippen molar-refractivity contribution < 1.29 is 9.18 Å². The Balaban J connectivity index is 1.53. The monoisotopic (exact) mass is 350 g/mol. The number of carbonyl (C=O) groups is 1. The topological polar surface area (TPSA) is 41.4 Å². The van der Waals surface area contributed by atoms with E-state index in [1.165, 1.54) is 6.07 Å². The molecule has 1 saturated heterocycles. The SMILES string of the molecule is Cc1ccn(CC(=O)N2CCN(Cc3c(F)cccc3Cl)CC2)n1. The van der Waals surface area contributed by atoms with E-state index in [9.17, 15) is 9.18 Å². The van der Waals surface area contributed by atoms with E-state index >= 15 is 0 Å². The third-order valence-corrected chi connectivity index (χ3v) is 4.59. The highest BCUT2D eigenvalue weighted by molar-refractivity contribution is 6.31. The second-order valence-electron chi connectivity index (χ2n) is 6.01. The lowest BCUT2D eigenvalue weighted by molar-refractivity contribution is -0.133. The zero-order chi connectivity index (χ0) is 17.1. The number of aryl methyl sites for hydroxylation is 1. The van der Waals surface area contributed by atoms with Gasteiger partial charge in [0, 0.05) is 49.5 Å². The van der Waals surface area contributed by atoms with E-state index in [-0.39, 0.29) is 18.3 Å². The van der Waals surface area contributed by atoms with Crippen LogP contribution in [0.1, 0.15) is 11.3 Å². The highest BCUT2D eigenvalue weighted by atomic mass is 35.5. The molecule has 1 aromatic heterocycles. The minimum Gasteiger partial charge on any atom is -0.339 e. The summed E-state index contributed by atoms with van der Waals surface area (Å²) >= 11 is 6.08. The Bertz CT molecular complexity index is 705. The number of hydrogen-bond acceptors (Lipinski definition) is 3. The van der Waals surface area contributed by atoms with Gasteiger partial charge < -0.3 is 4.90 Å². The normalized spacial score (nSPS) is 15.7. The number of benzene rings is 1. The molecule has 1 amide bonds. The molecule has 1 aliphatic heterocycles. The largest absolute Gasteiger partial charge is 0.339 e. The molecule has 0 atom stereocenters. The van der Waals surface area contributed by atoms with Crippen LogP contribution in [0, 0.1) is 12.7 Å². The molecule has 0 unspecified atom stereocenters. The fourth-order valence-electron chi connectivity index (χ4n) is 2.85. The number of nitrogens with zero attached hydrogens (tertiary/aromatic N) is 4. The molecule has 1 fully saturated rings. The lowest BCUT2D eigenvalue weighted by Gasteiger charge is -2.35. The summed E-state index contributed by atoms with van der Waals surface area (Å²) in [6, 6.07) is 6.61. The van der Waals surface area contributed by atoms with Crippen LogP contribution in [-0.2, 0) is 17.9 Å². The van der Waals surface area contributed by atoms with Crippen molar-refractivity contribution in [2.75, 3.05) is 26.2 Å². The predicted octanol–water partition coefficient (Wildman–Crippen LogP) is 2.33. The maximum absolute atomic E-state index is 13.9. The summed E-state index contributed by atoms with van der Waals surface area (Å²) in [6.07, 6.45) is 1.81. The fraction of sp³-hybridized carbons (Fsp3) is 0.412. The Morgan fingerprint density at radius 1 is 1.25 bits per heavy atom. The molecule has 0 spiro atoms. The summed E-state index contributed by atoms with van der Waals surface area (Å²) in [4.78, 5) is 16.3. The van der Waals surface area contributed by atoms with Gasteiger partial charge in [-0.2, -0.15) is 5.10 Å². The number of piperazine rings is 1. The van der Waals surface area contributed by atoms with E-state index in [2.05, 4.69) is 10.00 Å². The number of rotatable bonds is 4. The first-order valence-corrected chi connectivity index (χ1v) is 8.34. The van der Waals surface area contributed by atoms with E-state index < -0.39 is 0 Å². The molecule has 0 radical (unpaired) electrons. The predicted molar refractivity (Wildman–Crippen MR) is 90.2 cm³/mol. The molecule has 7 heteroatoms. The Labute approximate surface area is 145 Å². The molecule has 128 valence electrons. The fourth-order valence-corrected chi connectivity index (χ4v) is 3.07. The summed E-state index contributed by atoms with van der Waals surface area (Å²) < 4.78 is 15.5. The molecule has 0 bridgehead atoms. The van der Waals surface area contributed by atoms with Gasteiger partial charge in [0.2, 0.25) is 5.91 Å². The molecule has 3 rings (SSSR count). The Morgan fingerprint density at radius 2 is 2.00 bits per heavy atom. The molecular weight excluding hydrogens is 331 g/mol. The van der Waals surface area contributed by atoms with Crippen molar-refractivity contribution in [1.29, 1.82) is 0 Å². The number of aromatic nitrogens is 2. The van der Waals surface area contributed by atoms with Gasteiger partial charge in [-0.05, 0) is 25.1 Å². The average Bonchev–Trinajstić information content (AvgIpc) is 2.96. The minimum absolute atomic E-state index is 0.0571. The molecule has 1 aliphatic rings. The van der Waals surface area contributed by atoms with Gasteiger partial charge in [-0.15, -0.1) is 0 Å². The van der Waals surface area contributed by atoms with Crippen molar-refractivity contribution in [2.24, 2.45) is 0 Å². The second-order valence-corrected chi connectivity index (χ2v) is 6.42. The van der Waals surface area contributed by atoms with Gasteiger partial charge >= 0.3 is 0 Å². The van der Waals surface area contributed by atoms with E-state index in [0.717, 1.165) is 5.69 Å². The summed E-state index contributed by atoms with van der Waals surface area (Å²) in [5.41, 5.74) is 1.42. The first-order chi connectivity index (χ1) is 11.5. The first kappa shape index (κ1) is 16.9. The zero-order valence-electron chi connectivity index (χ0n) is 13.6. The third kappa shape index (κ3) is 3.94. The molecule has 2 aromatic rings. The van der Waals surface area contributed by atoms with Crippen LogP contribution >= 0.6 is 11.6 Å². The number of hydrogen-bond donors (Lipinski definition) is 0. The average molecular weight is 351 g/mol. The quantitative estimate of drug-likeness (QED) is 0.849. The summed E-state index contributed by atoms with van der Waals surface area (Å²) in [7, 11) is 0. The van der Waals surface area contributed by atoms with Crippen LogP contribution in [0.15, 0.2) is 30.5 Å². The van der Waals surface area contributed by atoms with Crippen LogP contribution in [0.5, 0.6) is 0 Å². The molecule has 1 aromatic carbocycles. The van der Waals surface area contributed by atoms with E-state index in [0.29, 0.717) is 43.3 Å². The maximum atomic E-state index is 13.9. The number of carbonyl (C=O) groups excluding carboxylic acids is 1. The molecule has 5 nitrogen and oxygen atoms in total. The lowest BCUT2D eigenvalue weighted by Crippen LogP contribution is -2.49. The molecule has 0 aliphatic carbocycles. The second kappa shape index (κ2) is 7.32. The van der Waals surface area contributed by atoms with Crippen LogP contribution in [0.25, 0.3) is 0 Å². The first-order valence-electron chi connectivity index (χ1n) is 7.96. The van der Waals surface area contributed by atoms with Crippen LogP contribution in [0.4, 0.5) is 4.39 Å². The van der Waals surface area contributed by atoms with Gasteiger partial charge in [-0.3, -0.25) is 14.4 Å². The summed E-state index contributed by atoms with van der Waals surface area (Å²) in [5, 5.41) is 4.68. The lowest BCUT2D eigenvalue weighted by atomic mass is 10.2. The van der Waals surface area contributed by atoms with Crippen LogP contribution in [0.3, 0.4) is 0 Å². The van der Waals surface area contributed by atoms with Crippen molar-refractivity contribution in [3.05, 3.63) is 52.6 Å². The van der Waals surface area contributed by atoms with Gasteiger partial charge in [0.25, 0.3) is 0 Å². The molecule has 24 heavy (non-hydrogen) atoms.